The van der Waals surface area contributed by atoms with Gasteiger partial charge in [-0.05, 0) is 35.4 Å². The van der Waals surface area contributed by atoms with E-state index in [1.54, 1.807) is 12.1 Å². The molecule has 0 spiro atoms. The fraction of sp³-hybridized carbons (Fsp3) is 0.286. The van der Waals surface area contributed by atoms with Crippen LogP contribution in [-0.2, 0) is 21.9 Å². The van der Waals surface area contributed by atoms with Crippen LogP contribution in [0.1, 0.15) is 30.5 Å². The van der Waals surface area contributed by atoms with E-state index in [9.17, 15) is 9.59 Å². The maximum Gasteiger partial charge on any atom is 0.230 e. The van der Waals surface area contributed by atoms with Crippen LogP contribution in [0.3, 0.4) is 0 Å². The minimum absolute atomic E-state index is 0.0182. The number of benzene rings is 2. The Labute approximate surface area is 164 Å². The number of thioether (sulfide) groups is 1. The molecule has 0 aliphatic carbocycles. The molecule has 27 heavy (non-hydrogen) atoms. The number of hydrogen-bond donors (Lipinski definition) is 2. The summed E-state index contributed by atoms with van der Waals surface area (Å²) in [6.07, 6.45) is 0. The van der Waals surface area contributed by atoms with Crippen LogP contribution in [0.15, 0.2) is 48.5 Å². The Morgan fingerprint density at radius 2 is 1.67 bits per heavy atom. The number of hydrogen-bond acceptors (Lipinski definition) is 4. The number of carbonyl (C=O) groups excluding carboxylic acids is 2. The summed E-state index contributed by atoms with van der Waals surface area (Å²) < 4.78 is 0. The molecule has 2 N–H and O–H groups in total. The average Bonchev–Trinajstić information content (AvgIpc) is 2.68. The first-order chi connectivity index (χ1) is 13.0. The van der Waals surface area contributed by atoms with Gasteiger partial charge in [-0.1, -0.05) is 38.1 Å². The van der Waals surface area contributed by atoms with E-state index in [2.05, 4.69) is 16.7 Å². The highest BCUT2D eigenvalue weighted by molar-refractivity contribution is 7.99. The van der Waals surface area contributed by atoms with Crippen molar-refractivity contribution in [3.63, 3.8) is 0 Å². The number of nitriles is 1. The van der Waals surface area contributed by atoms with Crippen molar-refractivity contribution in [2.75, 3.05) is 11.1 Å². The summed E-state index contributed by atoms with van der Waals surface area (Å²) in [7, 11) is 0. The van der Waals surface area contributed by atoms with Crippen LogP contribution in [-0.4, -0.2) is 17.6 Å². The van der Waals surface area contributed by atoms with Gasteiger partial charge in [0, 0.05) is 23.9 Å². The number of nitrogens with zero attached hydrogens (tertiary/aromatic N) is 1. The van der Waals surface area contributed by atoms with Gasteiger partial charge in [0.25, 0.3) is 0 Å². The van der Waals surface area contributed by atoms with Crippen molar-refractivity contribution in [3.8, 4) is 6.07 Å². The lowest BCUT2D eigenvalue weighted by Crippen LogP contribution is -2.24. The average molecular weight is 382 g/mol. The van der Waals surface area contributed by atoms with E-state index in [-0.39, 0.29) is 17.7 Å². The minimum Gasteiger partial charge on any atom is -0.351 e. The van der Waals surface area contributed by atoms with Crippen LogP contribution >= 0.6 is 11.8 Å². The second-order valence-corrected chi connectivity index (χ2v) is 7.40. The van der Waals surface area contributed by atoms with Crippen LogP contribution in [0.2, 0.25) is 0 Å². The SMILES string of the molecule is CC(C)C(=O)Nc1ccc(CNC(=O)CSCc2ccc(C#N)cc2)cc1. The molecule has 0 aliphatic heterocycles. The van der Waals surface area contributed by atoms with Crippen molar-refractivity contribution < 1.29 is 9.59 Å². The van der Waals surface area contributed by atoms with E-state index < -0.39 is 0 Å². The van der Waals surface area contributed by atoms with Gasteiger partial charge in [-0.15, -0.1) is 11.8 Å². The fourth-order valence-electron chi connectivity index (χ4n) is 2.18. The monoisotopic (exact) mass is 381 g/mol. The highest BCUT2D eigenvalue weighted by Gasteiger charge is 2.07. The molecule has 0 unspecified atom stereocenters. The van der Waals surface area contributed by atoms with Crippen LogP contribution in [0, 0.1) is 17.2 Å². The molecule has 0 saturated carbocycles. The summed E-state index contributed by atoms with van der Waals surface area (Å²) in [5.74, 6) is 0.998. The van der Waals surface area contributed by atoms with Crippen LogP contribution in [0.4, 0.5) is 5.69 Å². The maximum atomic E-state index is 12.0. The Balaban J connectivity index is 1.70. The molecule has 0 heterocycles. The molecule has 0 bridgehead atoms. The van der Waals surface area contributed by atoms with Gasteiger partial charge in [0.1, 0.15) is 0 Å². The number of anilines is 1. The Morgan fingerprint density at radius 3 is 2.26 bits per heavy atom. The van der Waals surface area contributed by atoms with Crippen molar-refractivity contribution >= 4 is 29.3 Å². The molecule has 2 aromatic carbocycles. The van der Waals surface area contributed by atoms with Crippen LogP contribution < -0.4 is 10.6 Å². The topological polar surface area (TPSA) is 82.0 Å². The van der Waals surface area contributed by atoms with Gasteiger partial charge in [0.15, 0.2) is 0 Å². The van der Waals surface area contributed by atoms with Gasteiger partial charge >= 0.3 is 0 Å². The molecule has 0 fully saturated rings. The third kappa shape index (κ3) is 7.16. The molecule has 0 saturated heterocycles. The van der Waals surface area contributed by atoms with Gasteiger partial charge in [0.2, 0.25) is 11.8 Å². The summed E-state index contributed by atoms with van der Waals surface area (Å²) in [4.78, 5) is 23.6. The number of amides is 2. The van der Waals surface area contributed by atoms with E-state index >= 15 is 0 Å². The lowest BCUT2D eigenvalue weighted by Gasteiger charge is -2.09. The van der Waals surface area contributed by atoms with E-state index in [0.29, 0.717) is 17.9 Å². The molecular formula is C21H23N3O2S. The second kappa shape index (κ2) is 10.4. The maximum absolute atomic E-state index is 12.0. The van der Waals surface area contributed by atoms with Crippen molar-refractivity contribution in [2.45, 2.75) is 26.1 Å². The molecule has 2 rings (SSSR count). The first kappa shape index (κ1) is 20.5. The smallest absolute Gasteiger partial charge is 0.230 e. The fourth-order valence-corrected chi connectivity index (χ4v) is 3.00. The molecule has 140 valence electrons. The van der Waals surface area contributed by atoms with Crippen LogP contribution in [0.25, 0.3) is 0 Å². The number of nitrogens with one attached hydrogen (secondary N) is 2. The quantitative estimate of drug-likeness (QED) is 0.730. The molecule has 0 aromatic heterocycles. The van der Waals surface area contributed by atoms with Crippen molar-refractivity contribution in [1.29, 1.82) is 5.26 Å². The van der Waals surface area contributed by atoms with Gasteiger partial charge in [-0.3, -0.25) is 9.59 Å². The van der Waals surface area contributed by atoms with Crippen molar-refractivity contribution in [3.05, 3.63) is 65.2 Å². The summed E-state index contributed by atoms with van der Waals surface area (Å²) >= 11 is 1.53. The first-order valence-electron chi connectivity index (χ1n) is 8.71. The van der Waals surface area contributed by atoms with Gasteiger partial charge in [0.05, 0.1) is 17.4 Å². The molecule has 2 amide bonds. The van der Waals surface area contributed by atoms with Gasteiger partial charge < -0.3 is 10.6 Å². The molecule has 0 radical (unpaired) electrons. The normalized spacial score (nSPS) is 10.3. The number of carbonyl (C=O) groups is 2. The molecule has 6 heteroatoms. The number of rotatable bonds is 8. The van der Waals surface area contributed by atoms with E-state index in [1.807, 2.05) is 50.2 Å². The van der Waals surface area contributed by atoms with Crippen molar-refractivity contribution in [2.24, 2.45) is 5.92 Å². The van der Waals surface area contributed by atoms with Crippen molar-refractivity contribution in [1.82, 2.24) is 5.32 Å². The molecule has 0 aliphatic rings. The van der Waals surface area contributed by atoms with E-state index in [0.717, 1.165) is 22.6 Å². The van der Waals surface area contributed by atoms with Crippen LogP contribution in [0.5, 0.6) is 0 Å². The Morgan fingerprint density at radius 1 is 1.04 bits per heavy atom. The standard InChI is InChI=1S/C21H23N3O2S/c1-15(2)21(26)24-19-9-7-17(8-10-19)12-23-20(25)14-27-13-18-5-3-16(11-22)4-6-18/h3-10,15H,12-14H2,1-2H3,(H,23,25)(H,24,26). The summed E-state index contributed by atoms with van der Waals surface area (Å²) in [6, 6.07) is 16.9. The van der Waals surface area contributed by atoms with E-state index in [1.165, 1.54) is 11.8 Å². The Kier molecular flexibility index (Phi) is 7.90. The predicted octanol–water partition coefficient (Wildman–Crippen LogP) is 3.70. The molecular weight excluding hydrogens is 358 g/mol. The highest BCUT2D eigenvalue weighted by atomic mass is 32.2. The third-order valence-electron chi connectivity index (χ3n) is 3.82. The lowest BCUT2D eigenvalue weighted by atomic mass is 10.1. The zero-order valence-electron chi connectivity index (χ0n) is 15.5. The molecule has 0 atom stereocenters. The zero-order chi connectivity index (χ0) is 19.6. The largest absolute Gasteiger partial charge is 0.351 e. The summed E-state index contributed by atoms with van der Waals surface area (Å²) in [6.45, 7) is 4.14. The predicted molar refractivity (Wildman–Crippen MR) is 109 cm³/mol. The van der Waals surface area contributed by atoms with E-state index in [4.69, 9.17) is 5.26 Å². The summed E-state index contributed by atoms with van der Waals surface area (Å²) in [5.41, 5.74) is 3.45. The van der Waals surface area contributed by atoms with Gasteiger partial charge in [-0.2, -0.15) is 5.26 Å². The minimum atomic E-state index is -0.0641. The lowest BCUT2D eigenvalue weighted by molar-refractivity contribution is -0.119. The first-order valence-corrected chi connectivity index (χ1v) is 9.86. The van der Waals surface area contributed by atoms with Gasteiger partial charge in [-0.25, -0.2) is 0 Å². The summed E-state index contributed by atoms with van der Waals surface area (Å²) in [5, 5.41) is 14.5. The third-order valence-corrected chi connectivity index (χ3v) is 4.82. The molecule has 2 aromatic rings. The highest BCUT2D eigenvalue weighted by Crippen LogP contribution is 2.13. The molecule has 5 nitrogen and oxygen atoms in total. The Hall–Kier alpha value is -2.78. The second-order valence-electron chi connectivity index (χ2n) is 6.42. The zero-order valence-corrected chi connectivity index (χ0v) is 16.3. The Bertz CT molecular complexity index is 809.